The minimum absolute atomic E-state index is 0.197. The lowest BCUT2D eigenvalue weighted by atomic mass is 9.86. The second-order valence-corrected chi connectivity index (χ2v) is 5.97. The first-order valence-electron chi connectivity index (χ1n) is 7.06. The van der Waals surface area contributed by atoms with Crippen molar-refractivity contribution in [2.24, 2.45) is 0 Å². The molecule has 20 heavy (non-hydrogen) atoms. The highest BCUT2D eigenvalue weighted by Gasteiger charge is 2.14. The summed E-state index contributed by atoms with van der Waals surface area (Å²) < 4.78 is 13.6. The summed E-state index contributed by atoms with van der Waals surface area (Å²) in [6, 6.07) is 11.8. The summed E-state index contributed by atoms with van der Waals surface area (Å²) in [5, 5.41) is 4.64. The molecule has 0 unspecified atom stereocenters. The van der Waals surface area contributed by atoms with Crippen LogP contribution in [0.3, 0.4) is 0 Å². The molecule has 0 fully saturated rings. The maximum absolute atomic E-state index is 13.6. The van der Waals surface area contributed by atoms with Crippen LogP contribution in [0.4, 0.5) is 4.39 Å². The average Bonchev–Trinajstić information content (AvgIpc) is 2.48. The zero-order chi connectivity index (χ0) is 13.7. The molecule has 0 bridgehead atoms. The molecule has 2 heteroatoms. The lowest BCUT2D eigenvalue weighted by Gasteiger charge is -2.18. The van der Waals surface area contributed by atoms with Crippen molar-refractivity contribution in [2.75, 3.05) is 0 Å². The number of hydrogen-bond acceptors (Lipinski definition) is 0. The van der Waals surface area contributed by atoms with E-state index >= 15 is 0 Å². The molecule has 1 aliphatic carbocycles. The van der Waals surface area contributed by atoms with Crippen LogP contribution in [0.5, 0.6) is 0 Å². The predicted octanol–water partition coefficient (Wildman–Crippen LogP) is 5.66. The quantitative estimate of drug-likeness (QED) is 0.467. The van der Waals surface area contributed by atoms with Gasteiger partial charge in [-0.2, -0.15) is 0 Å². The van der Waals surface area contributed by atoms with Crippen LogP contribution in [0.15, 0.2) is 36.4 Å². The standard InChI is InChI=1S/C18H14ClF/c19-17-10-16-12(9-18(17)20)6-8-14-13-4-2-1-3-11(13)5-7-15(14)16/h5-10H,1-4H2. The minimum atomic E-state index is -0.350. The largest absolute Gasteiger partial charge is 0.205 e. The second kappa shape index (κ2) is 4.46. The van der Waals surface area contributed by atoms with Gasteiger partial charge in [-0.05, 0) is 70.5 Å². The van der Waals surface area contributed by atoms with Crippen molar-refractivity contribution >= 4 is 33.1 Å². The van der Waals surface area contributed by atoms with Gasteiger partial charge in [0.1, 0.15) is 5.82 Å². The molecule has 3 aromatic rings. The van der Waals surface area contributed by atoms with Gasteiger partial charge in [-0.1, -0.05) is 35.9 Å². The first kappa shape index (κ1) is 12.2. The van der Waals surface area contributed by atoms with E-state index < -0.39 is 0 Å². The van der Waals surface area contributed by atoms with Gasteiger partial charge in [0.15, 0.2) is 0 Å². The van der Waals surface area contributed by atoms with Crippen molar-refractivity contribution in [3.8, 4) is 0 Å². The van der Waals surface area contributed by atoms with Crippen LogP contribution in [0.1, 0.15) is 24.0 Å². The van der Waals surface area contributed by atoms with Gasteiger partial charge in [-0.3, -0.25) is 0 Å². The molecule has 0 saturated carbocycles. The van der Waals surface area contributed by atoms with Gasteiger partial charge in [0, 0.05) is 0 Å². The fourth-order valence-corrected chi connectivity index (χ4v) is 3.55. The van der Waals surface area contributed by atoms with Gasteiger partial charge in [0.25, 0.3) is 0 Å². The topological polar surface area (TPSA) is 0 Å². The van der Waals surface area contributed by atoms with E-state index in [4.69, 9.17) is 11.6 Å². The molecule has 0 aliphatic heterocycles. The SMILES string of the molecule is Fc1cc2ccc3c4c(ccc3c2cc1Cl)CCCC4. The Morgan fingerprint density at radius 1 is 0.850 bits per heavy atom. The van der Waals surface area contributed by atoms with Gasteiger partial charge < -0.3 is 0 Å². The lowest BCUT2D eigenvalue weighted by Crippen LogP contribution is -2.03. The summed E-state index contributed by atoms with van der Waals surface area (Å²) in [5.74, 6) is -0.350. The van der Waals surface area contributed by atoms with E-state index in [0.29, 0.717) is 0 Å². The number of fused-ring (bicyclic) bond motifs is 5. The molecule has 0 radical (unpaired) electrons. The highest BCUT2D eigenvalue weighted by atomic mass is 35.5. The molecule has 0 saturated heterocycles. The van der Waals surface area contributed by atoms with Crippen LogP contribution >= 0.6 is 11.6 Å². The number of rotatable bonds is 0. The fraction of sp³-hybridized carbons (Fsp3) is 0.222. The Labute approximate surface area is 122 Å². The lowest BCUT2D eigenvalue weighted by molar-refractivity contribution is 0.630. The van der Waals surface area contributed by atoms with Gasteiger partial charge in [-0.25, -0.2) is 4.39 Å². The van der Waals surface area contributed by atoms with E-state index in [9.17, 15) is 4.39 Å². The molecule has 0 nitrogen and oxygen atoms in total. The number of aryl methyl sites for hydroxylation is 2. The molecule has 3 aromatic carbocycles. The van der Waals surface area contributed by atoms with E-state index in [1.807, 2.05) is 6.07 Å². The molecule has 100 valence electrons. The molecule has 0 N–H and O–H groups in total. The minimum Gasteiger partial charge on any atom is -0.205 e. The summed E-state index contributed by atoms with van der Waals surface area (Å²) in [6.45, 7) is 0. The zero-order valence-corrected chi connectivity index (χ0v) is 11.8. The molecule has 0 heterocycles. The molecule has 0 aromatic heterocycles. The predicted molar refractivity (Wildman–Crippen MR) is 83.1 cm³/mol. The molecule has 4 rings (SSSR count). The van der Waals surface area contributed by atoms with Crippen LogP contribution in [-0.2, 0) is 12.8 Å². The third-order valence-corrected chi connectivity index (χ3v) is 4.68. The average molecular weight is 285 g/mol. The molecular weight excluding hydrogens is 271 g/mol. The molecule has 0 amide bonds. The maximum atomic E-state index is 13.6. The fourth-order valence-electron chi connectivity index (χ4n) is 3.39. The van der Waals surface area contributed by atoms with E-state index in [2.05, 4.69) is 18.2 Å². The second-order valence-electron chi connectivity index (χ2n) is 5.56. The summed E-state index contributed by atoms with van der Waals surface area (Å²) >= 11 is 5.96. The van der Waals surface area contributed by atoms with Crippen LogP contribution in [-0.4, -0.2) is 0 Å². The van der Waals surface area contributed by atoms with Crippen molar-refractivity contribution in [3.63, 3.8) is 0 Å². The maximum Gasteiger partial charge on any atom is 0.142 e. The Morgan fingerprint density at radius 2 is 1.65 bits per heavy atom. The summed E-state index contributed by atoms with van der Waals surface area (Å²) in [5.41, 5.74) is 2.94. The van der Waals surface area contributed by atoms with E-state index in [1.54, 1.807) is 6.07 Å². The number of hydrogen-bond donors (Lipinski definition) is 0. The van der Waals surface area contributed by atoms with Crippen molar-refractivity contribution in [2.45, 2.75) is 25.7 Å². The molecule has 0 spiro atoms. The van der Waals surface area contributed by atoms with Crippen LogP contribution in [0, 0.1) is 5.82 Å². The highest BCUT2D eigenvalue weighted by Crippen LogP contribution is 2.34. The smallest absolute Gasteiger partial charge is 0.142 e. The summed E-state index contributed by atoms with van der Waals surface area (Å²) in [6.07, 6.45) is 4.86. The van der Waals surface area contributed by atoms with E-state index in [1.165, 1.54) is 47.2 Å². The van der Waals surface area contributed by atoms with Crippen LogP contribution in [0.2, 0.25) is 5.02 Å². The first-order chi connectivity index (χ1) is 9.74. The Morgan fingerprint density at radius 3 is 2.55 bits per heavy atom. The van der Waals surface area contributed by atoms with Crippen molar-refractivity contribution in [3.05, 3.63) is 58.4 Å². The summed E-state index contributed by atoms with van der Waals surface area (Å²) in [7, 11) is 0. The van der Waals surface area contributed by atoms with Crippen LogP contribution < -0.4 is 0 Å². The number of halogens is 2. The monoisotopic (exact) mass is 284 g/mol. The number of benzene rings is 3. The molecule has 1 aliphatic rings. The third kappa shape index (κ3) is 1.73. The van der Waals surface area contributed by atoms with Gasteiger partial charge in [-0.15, -0.1) is 0 Å². The third-order valence-electron chi connectivity index (χ3n) is 4.39. The van der Waals surface area contributed by atoms with Crippen molar-refractivity contribution in [1.29, 1.82) is 0 Å². The Kier molecular flexibility index (Phi) is 2.71. The normalized spacial score (nSPS) is 14.7. The Balaban J connectivity index is 2.12. The van der Waals surface area contributed by atoms with E-state index in [-0.39, 0.29) is 10.8 Å². The van der Waals surface area contributed by atoms with Gasteiger partial charge >= 0.3 is 0 Å². The van der Waals surface area contributed by atoms with Gasteiger partial charge in [0.2, 0.25) is 0 Å². The Hall–Kier alpha value is -1.60. The van der Waals surface area contributed by atoms with Crippen LogP contribution in [0.25, 0.3) is 21.5 Å². The summed E-state index contributed by atoms with van der Waals surface area (Å²) in [4.78, 5) is 0. The Bertz CT molecular complexity index is 836. The highest BCUT2D eigenvalue weighted by molar-refractivity contribution is 6.32. The van der Waals surface area contributed by atoms with E-state index in [0.717, 1.165) is 17.2 Å². The zero-order valence-electron chi connectivity index (χ0n) is 11.0. The first-order valence-corrected chi connectivity index (χ1v) is 7.44. The molecule has 0 atom stereocenters. The van der Waals surface area contributed by atoms with Gasteiger partial charge in [0.05, 0.1) is 5.02 Å². The van der Waals surface area contributed by atoms with Crippen molar-refractivity contribution in [1.82, 2.24) is 0 Å². The van der Waals surface area contributed by atoms with Crippen molar-refractivity contribution < 1.29 is 4.39 Å². The molecular formula is C18H14ClF.